The topological polar surface area (TPSA) is 55.1 Å². The van der Waals surface area contributed by atoms with E-state index in [9.17, 15) is 4.79 Å². The zero-order valence-corrected chi connectivity index (χ0v) is 4.31. The molecule has 0 unspecified atom stereocenters. The van der Waals surface area contributed by atoms with Crippen LogP contribution in [0.25, 0.3) is 0 Å². The monoisotopic (exact) mass is 140 g/mol. The number of carbonyl (C=O) groups excluding carboxylic acids is 1. The molecular weight excluding hydrogens is 135 g/mol. The van der Waals surface area contributed by atoms with E-state index in [1.807, 2.05) is 16.2 Å². The number of nitrogens with two attached hydrogens (primary N) is 1. The maximum absolute atomic E-state index is 9.46. The molecule has 0 saturated heterocycles. The molecule has 0 aliphatic carbocycles. The van der Waals surface area contributed by atoms with Crippen LogP contribution in [0.2, 0.25) is 0 Å². The second kappa shape index (κ2) is 2.05. The first-order valence-electron chi connectivity index (χ1n) is 0.966. The Bertz CT molecular complexity index is 44.9. The summed E-state index contributed by atoms with van der Waals surface area (Å²) < 4.78 is 2.10. The maximum atomic E-state index is 9.46. The number of rotatable bonds is 0. The Labute approximate surface area is 37.9 Å². The van der Waals surface area contributed by atoms with Crippen LogP contribution in [0.15, 0.2) is 0 Å². The van der Waals surface area contributed by atoms with E-state index in [-0.39, 0.29) is 0 Å². The molecule has 0 atom stereocenters. The van der Waals surface area contributed by atoms with Gasteiger partial charge in [0.15, 0.2) is 0 Å². The van der Waals surface area contributed by atoms with Crippen LogP contribution in [0.5, 0.6) is 0 Å². The fraction of sp³-hybridized carbons (Fsp3) is 0. The normalized spacial score (nSPS) is 6.60. The molecule has 0 spiro atoms. The predicted octanol–water partition coefficient (Wildman–Crippen LogP) is -1.53. The molecule has 0 radical (unpaired) electrons. The van der Waals surface area contributed by atoms with Crippen LogP contribution in [0.4, 0.5) is 4.79 Å². The van der Waals surface area contributed by atoms with Crippen LogP contribution in [0, 0.1) is 0 Å². The Morgan fingerprint density at radius 2 is 2.20 bits per heavy atom. The van der Waals surface area contributed by atoms with Gasteiger partial charge in [0, 0.05) is 0 Å². The number of nitrogens with one attached hydrogen (secondary N) is 1. The average Bonchev–Trinajstić information content (AvgIpc) is 1.38. The van der Waals surface area contributed by atoms with Crippen molar-refractivity contribution in [2.45, 2.75) is 0 Å². The fourth-order valence-electron chi connectivity index (χ4n) is 0. The molecule has 0 rings (SSSR count). The number of primary amides is 1. The molecule has 0 heterocycles. The van der Waals surface area contributed by atoms with Gasteiger partial charge in [-0.25, -0.2) is 0 Å². The summed E-state index contributed by atoms with van der Waals surface area (Å²) >= 11 is 1.85. The summed E-state index contributed by atoms with van der Waals surface area (Å²) in [7, 11) is 0. The van der Waals surface area contributed by atoms with Gasteiger partial charge in [0.1, 0.15) is 0 Å². The van der Waals surface area contributed by atoms with Gasteiger partial charge in [-0.2, -0.15) is 0 Å². The Morgan fingerprint density at radius 1 is 2.00 bits per heavy atom. The van der Waals surface area contributed by atoms with Crippen LogP contribution in [0.1, 0.15) is 0 Å². The van der Waals surface area contributed by atoms with E-state index < -0.39 is 6.03 Å². The van der Waals surface area contributed by atoms with E-state index in [2.05, 4.69) is 10.1 Å². The summed E-state index contributed by atoms with van der Waals surface area (Å²) in [5, 5.41) is 0. The van der Waals surface area contributed by atoms with Crippen molar-refractivity contribution in [3.8, 4) is 0 Å². The van der Waals surface area contributed by atoms with Crippen molar-refractivity contribution in [3.63, 3.8) is 0 Å². The Morgan fingerprint density at radius 3 is 2.20 bits per heavy atom. The van der Waals surface area contributed by atoms with Gasteiger partial charge in [-0.1, -0.05) is 0 Å². The standard InChI is InChI=1S/CH4N2OSe/c2-1(4)3-5/h5H,(H3,2,3,4). The molecule has 0 bridgehead atoms. The van der Waals surface area contributed by atoms with Crippen molar-refractivity contribution >= 4 is 22.3 Å². The second-order valence-electron chi connectivity index (χ2n) is 0.476. The first-order valence-corrected chi connectivity index (χ1v) is 1.90. The number of hydrogen-bond donors (Lipinski definition) is 2. The van der Waals surface area contributed by atoms with Gasteiger partial charge in [-0.05, 0) is 0 Å². The molecule has 3 nitrogen and oxygen atoms in total. The molecule has 0 aromatic heterocycles. The fourth-order valence-corrected chi connectivity index (χ4v) is 0. The van der Waals surface area contributed by atoms with Crippen LogP contribution in [-0.2, 0) is 0 Å². The van der Waals surface area contributed by atoms with Gasteiger partial charge < -0.3 is 0 Å². The van der Waals surface area contributed by atoms with Gasteiger partial charge in [-0.3, -0.25) is 0 Å². The van der Waals surface area contributed by atoms with E-state index in [0.717, 1.165) is 0 Å². The number of carbonyl (C=O) groups is 1. The molecule has 0 aromatic carbocycles. The van der Waals surface area contributed by atoms with Crippen molar-refractivity contribution in [3.05, 3.63) is 0 Å². The average molecular weight is 139 g/mol. The molecule has 5 heavy (non-hydrogen) atoms. The van der Waals surface area contributed by atoms with E-state index in [0.29, 0.717) is 0 Å². The predicted molar refractivity (Wildman–Crippen MR) is 19.9 cm³/mol. The Kier molecular flexibility index (Phi) is 1.97. The van der Waals surface area contributed by atoms with Gasteiger partial charge in [-0.15, -0.1) is 0 Å². The summed E-state index contributed by atoms with van der Waals surface area (Å²) in [6, 6.07) is -0.523. The van der Waals surface area contributed by atoms with Gasteiger partial charge >= 0.3 is 37.1 Å². The molecule has 3 N–H and O–H groups in total. The summed E-state index contributed by atoms with van der Waals surface area (Å²) in [5.74, 6) is 0. The second-order valence-corrected chi connectivity index (χ2v) is 0.945. The SMILES string of the molecule is NC(=O)N[SeH]. The zero-order valence-electron chi connectivity index (χ0n) is 2.43. The minimum absolute atomic E-state index is 0.523. The van der Waals surface area contributed by atoms with Crippen molar-refractivity contribution in [2.24, 2.45) is 5.73 Å². The number of hydrogen-bond acceptors (Lipinski definition) is 1. The summed E-state index contributed by atoms with van der Waals surface area (Å²) in [5.41, 5.74) is 4.53. The Hall–Kier alpha value is -0.211. The molecule has 0 fully saturated rings. The van der Waals surface area contributed by atoms with E-state index in [4.69, 9.17) is 0 Å². The van der Waals surface area contributed by atoms with Crippen LogP contribution >= 0.6 is 0 Å². The Balaban J connectivity index is 2.85. The van der Waals surface area contributed by atoms with Crippen molar-refractivity contribution in [1.82, 2.24) is 4.33 Å². The zero-order chi connectivity index (χ0) is 4.28. The van der Waals surface area contributed by atoms with E-state index in [1.54, 1.807) is 0 Å². The van der Waals surface area contributed by atoms with E-state index in [1.165, 1.54) is 0 Å². The summed E-state index contributed by atoms with van der Waals surface area (Å²) in [4.78, 5) is 9.46. The quantitative estimate of drug-likeness (QED) is 0.393. The van der Waals surface area contributed by atoms with Gasteiger partial charge in [0.05, 0.1) is 0 Å². The number of amides is 2. The molecule has 30 valence electrons. The van der Waals surface area contributed by atoms with Crippen LogP contribution in [0.3, 0.4) is 0 Å². The first-order chi connectivity index (χ1) is 2.27. The van der Waals surface area contributed by atoms with E-state index >= 15 is 0 Å². The van der Waals surface area contributed by atoms with Crippen LogP contribution in [-0.4, -0.2) is 22.3 Å². The molecule has 0 aliphatic rings. The van der Waals surface area contributed by atoms with Crippen LogP contribution < -0.4 is 10.1 Å². The third-order valence-electron chi connectivity index (χ3n) is 0.110. The van der Waals surface area contributed by atoms with Crippen molar-refractivity contribution < 1.29 is 4.79 Å². The van der Waals surface area contributed by atoms with Gasteiger partial charge in [0.25, 0.3) is 0 Å². The molecule has 0 aliphatic heterocycles. The minimum atomic E-state index is -0.523. The third-order valence-corrected chi connectivity index (χ3v) is 0.573. The molecule has 4 heteroatoms. The molecular formula is CH4N2OSe. The molecule has 2 amide bonds. The van der Waals surface area contributed by atoms with Gasteiger partial charge in [0.2, 0.25) is 0 Å². The first kappa shape index (κ1) is 4.79. The molecule has 0 saturated carbocycles. The van der Waals surface area contributed by atoms with Crippen molar-refractivity contribution in [1.29, 1.82) is 0 Å². The summed E-state index contributed by atoms with van der Waals surface area (Å²) in [6.45, 7) is 0. The third kappa shape index (κ3) is 3.79. The molecule has 0 aromatic rings. The number of urea groups is 1. The van der Waals surface area contributed by atoms with Crippen molar-refractivity contribution in [2.75, 3.05) is 0 Å². The summed E-state index contributed by atoms with van der Waals surface area (Å²) in [6.07, 6.45) is 0.